The van der Waals surface area contributed by atoms with Crippen LogP contribution < -0.4 is 5.32 Å². The van der Waals surface area contributed by atoms with Crippen LogP contribution in [0.4, 0.5) is 10.1 Å². The van der Waals surface area contributed by atoms with Crippen molar-refractivity contribution in [3.63, 3.8) is 0 Å². The summed E-state index contributed by atoms with van der Waals surface area (Å²) < 4.78 is 13.2. The second-order valence-corrected chi connectivity index (χ2v) is 6.89. The van der Waals surface area contributed by atoms with Crippen LogP contribution in [0.25, 0.3) is 0 Å². The Labute approximate surface area is 157 Å². The summed E-state index contributed by atoms with van der Waals surface area (Å²) in [6.07, 6.45) is 1.42. The molecule has 1 aliphatic heterocycles. The third-order valence-corrected chi connectivity index (χ3v) is 4.83. The summed E-state index contributed by atoms with van der Waals surface area (Å²) in [7, 11) is 0. The van der Waals surface area contributed by atoms with E-state index in [1.54, 1.807) is 41.3 Å². The molecule has 0 saturated carbocycles. The van der Waals surface area contributed by atoms with Crippen molar-refractivity contribution in [3.05, 3.63) is 64.9 Å². The summed E-state index contributed by atoms with van der Waals surface area (Å²) in [4.78, 5) is 26.5. The fraction of sp³-hybridized carbons (Fsp3) is 0.300. The van der Waals surface area contributed by atoms with Crippen LogP contribution in [0.2, 0.25) is 5.02 Å². The predicted octanol–water partition coefficient (Wildman–Crippen LogP) is 3.90. The van der Waals surface area contributed by atoms with Crippen molar-refractivity contribution in [2.24, 2.45) is 5.92 Å². The summed E-state index contributed by atoms with van der Waals surface area (Å²) in [5.41, 5.74) is 1.38. The number of anilines is 1. The fourth-order valence-electron chi connectivity index (χ4n) is 3.10. The molecule has 2 amide bonds. The van der Waals surface area contributed by atoms with Gasteiger partial charge in [-0.15, -0.1) is 0 Å². The number of nitrogens with zero attached hydrogens (tertiary/aromatic N) is 1. The minimum atomic E-state index is -0.340. The highest BCUT2D eigenvalue weighted by atomic mass is 35.5. The Kier molecular flexibility index (Phi) is 5.89. The van der Waals surface area contributed by atoms with Gasteiger partial charge in [-0.1, -0.05) is 23.7 Å². The third kappa shape index (κ3) is 4.82. The Morgan fingerprint density at radius 2 is 1.81 bits per heavy atom. The second kappa shape index (κ2) is 8.32. The average Bonchev–Trinajstić information content (AvgIpc) is 2.64. The standard InChI is InChI=1S/C20H20ClFN2O2/c21-16-4-6-18(7-5-16)23-20(26)15-8-10-24(11-9-15)19(25)13-14-2-1-3-17(22)12-14/h1-7,12,15H,8-11,13H2,(H,23,26). The van der Waals surface area contributed by atoms with Gasteiger partial charge in [0.1, 0.15) is 5.82 Å². The molecule has 1 heterocycles. The number of piperidine rings is 1. The van der Waals surface area contributed by atoms with Crippen molar-refractivity contribution in [1.82, 2.24) is 4.90 Å². The van der Waals surface area contributed by atoms with Gasteiger partial charge in [-0.05, 0) is 54.8 Å². The first-order valence-corrected chi connectivity index (χ1v) is 8.98. The topological polar surface area (TPSA) is 49.4 Å². The van der Waals surface area contributed by atoms with Gasteiger partial charge in [-0.3, -0.25) is 9.59 Å². The number of likely N-dealkylation sites (tertiary alicyclic amines) is 1. The molecule has 26 heavy (non-hydrogen) atoms. The third-order valence-electron chi connectivity index (χ3n) is 4.57. The maximum Gasteiger partial charge on any atom is 0.227 e. The van der Waals surface area contributed by atoms with E-state index in [-0.39, 0.29) is 30.0 Å². The number of nitrogens with one attached hydrogen (secondary N) is 1. The summed E-state index contributed by atoms with van der Waals surface area (Å²) in [6, 6.07) is 13.1. The van der Waals surface area contributed by atoms with Gasteiger partial charge in [0, 0.05) is 29.7 Å². The van der Waals surface area contributed by atoms with Crippen LogP contribution in [0, 0.1) is 11.7 Å². The van der Waals surface area contributed by atoms with E-state index in [1.165, 1.54) is 12.1 Å². The summed E-state index contributed by atoms with van der Waals surface area (Å²) in [6.45, 7) is 1.07. The van der Waals surface area contributed by atoms with Gasteiger partial charge in [-0.2, -0.15) is 0 Å². The molecule has 0 aliphatic carbocycles. The zero-order chi connectivity index (χ0) is 18.5. The highest BCUT2D eigenvalue weighted by molar-refractivity contribution is 6.30. The zero-order valence-corrected chi connectivity index (χ0v) is 15.0. The molecule has 2 aromatic rings. The van der Waals surface area contributed by atoms with Crippen molar-refractivity contribution in [3.8, 4) is 0 Å². The van der Waals surface area contributed by atoms with Crippen LogP contribution in [0.5, 0.6) is 0 Å². The Morgan fingerprint density at radius 3 is 2.46 bits per heavy atom. The average molecular weight is 375 g/mol. The summed E-state index contributed by atoms with van der Waals surface area (Å²) in [5.74, 6) is -0.534. The van der Waals surface area contributed by atoms with E-state index in [0.29, 0.717) is 42.2 Å². The molecular formula is C20H20ClFN2O2. The number of amides is 2. The number of hydrogen-bond acceptors (Lipinski definition) is 2. The molecule has 136 valence electrons. The molecule has 0 spiro atoms. The number of halogens is 2. The van der Waals surface area contributed by atoms with E-state index in [4.69, 9.17) is 11.6 Å². The monoisotopic (exact) mass is 374 g/mol. The Hall–Kier alpha value is -2.40. The van der Waals surface area contributed by atoms with E-state index >= 15 is 0 Å². The molecular weight excluding hydrogens is 355 g/mol. The first-order chi connectivity index (χ1) is 12.5. The molecule has 0 radical (unpaired) electrons. The van der Waals surface area contributed by atoms with Crippen LogP contribution in [0.1, 0.15) is 18.4 Å². The first-order valence-electron chi connectivity index (χ1n) is 8.60. The predicted molar refractivity (Wildman–Crippen MR) is 99.5 cm³/mol. The molecule has 0 bridgehead atoms. The van der Waals surface area contributed by atoms with Crippen LogP contribution in [-0.4, -0.2) is 29.8 Å². The number of carbonyl (C=O) groups is 2. The highest BCUT2D eigenvalue weighted by Crippen LogP contribution is 2.21. The Balaban J connectivity index is 1.49. The molecule has 1 fully saturated rings. The molecule has 1 N–H and O–H groups in total. The number of rotatable bonds is 4. The van der Waals surface area contributed by atoms with E-state index in [9.17, 15) is 14.0 Å². The highest BCUT2D eigenvalue weighted by Gasteiger charge is 2.27. The second-order valence-electron chi connectivity index (χ2n) is 6.46. The van der Waals surface area contributed by atoms with Crippen molar-refractivity contribution >= 4 is 29.1 Å². The molecule has 0 aromatic heterocycles. The normalized spacial score (nSPS) is 14.9. The number of carbonyl (C=O) groups excluding carboxylic acids is 2. The van der Waals surface area contributed by atoms with Crippen LogP contribution in [0.3, 0.4) is 0 Å². The van der Waals surface area contributed by atoms with Gasteiger partial charge >= 0.3 is 0 Å². The molecule has 1 saturated heterocycles. The van der Waals surface area contributed by atoms with Gasteiger partial charge in [-0.25, -0.2) is 4.39 Å². The van der Waals surface area contributed by atoms with Crippen molar-refractivity contribution in [2.45, 2.75) is 19.3 Å². The molecule has 0 unspecified atom stereocenters. The Morgan fingerprint density at radius 1 is 1.12 bits per heavy atom. The lowest BCUT2D eigenvalue weighted by molar-refractivity contribution is -0.133. The fourth-order valence-corrected chi connectivity index (χ4v) is 3.23. The zero-order valence-electron chi connectivity index (χ0n) is 14.3. The van der Waals surface area contributed by atoms with E-state index in [0.717, 1.165) is 0 Å². The van der Waals surface area contributed by atoms with E-state index in [1.807, 2.05) is 0 Å². The van der Waals surface area contributed by atoms with E-state index < -0.39 is 0 Å². The van der Waals surface area contributed by atoms with Gasteiger partial charge in [0.25, 0.3) is 0 Å². The van der Waals surface area contributed by atoms with Gasteiger partial charge in [0.15, 0.2) is 0 Å². The smallest absolute Gasteiger partial charge is 0.227 e. The summed E-state index contributed by atoms with van der Waals surface area (Å²) in [5, 5.41) is 3.50. The van der Waals surface area contributed by atoms with Gasteiger partial charge < -0.3 is 10.2 Å². The van der Waals surface area contributed by atoms with Crippen LogP contribution >= 0.6 is 11.6 Å². The van der Waals surface area contributed by atoms with Crippen LogP contribution in [0.15, 0.2) is 48.5 Å². The quantitative estimate of drug-likeness (QED) is 0.882. The minimum absolute atomic E-state index is 0.0350. The lowest BCUT2D eigenvalue weighted by Crippen LogP contribution is -2.42. The largest absolute Gasteiger partial charge is 0.342 e. The number of benzene rings is 2. The molecule has 2 aromatic carbocycles. The molecule has 0 atom stereocenters. The maximum absolute atomic E-state index is 13.2. The van der Waals surface area contributed by atoms with Crippen molar-refractivity contribution in [1.29, 1.82) is 0 Å². The Bertz CT molecular complexity index is 787. The van der Waals surface area contributed by atoms with E-state index in [2.05, 4.69) is 5.32 Å². The summed E-state index contributed by atoms with van der Waals surface area (Å²) >= 11 is 5.84. The van der Waals surface area contributed by atoms with Crippen LogP contribution in [-0.2, 0) is 16.0 Å². The van der Waals surface area contributed by atoms with Crippen molar-refractivity contribution in [2.75, 3.05) is 18.4 Å². The lowest BCUT2D eigenvalue weighted by Gasteiger charge is -2.31. The van der Waals surface area contributed by atoms with Gasteiger partial charge in [0.05, 0.1) is 6.42 Å². The number of hydrogen-bond donors (Lipinski definition) is 1. The van der Waals surface area contributed by atoms with Gasteiger partial charge in [0.2, 0.25) is 11.8 Å². The molecule has 1 aliphatic rings. The maximum atomic E-state index is 13.2. The lowest BCUT2D eigenvalue weighted by atomic mass is 9.95. The van der Waals surface area contributed by atoms with Crippen molar-refractivity contribution < 1.29 is 14.0 Å². The molecule has 3 rings (SSSR count). The molecule has 6 heteroatoms. The SMILES string of the molecule is O=C(Nc1ccc(Cl)cc1)C1CCN(C(=O)Cc2cccc(F)c2)CC1. The first kappa shape index (κ1) is 18.4. The molecule has 4 nitrogen and oxygen atoms in total. The minimum Gasteiger partial charge on any atom is -0.342 e.